The lowest BCUT2D eigenvalue weighted by atomic mass is 10.1. The number of nitrogens with two attached hydrogens (primary N) is 1. The zero-order valence-corrected chi connectivity index (χ0v) is 24.9. The van der Waals surface area contributed by atoms with E-state index in [4.69, 9.17) is 15.2 Å². The summed E-state index contributed by atoms with van der Waals surface area (Å²) in [5.74, 6) is 0. The van der Waals surface area contributed by atoms with Gasteiger partial charge in [0, 0.05) is 56.9 Å². The van der Waals surface area contributed by atoms with Crippen molar-refractivity contribution in [3.8, 4) is 0 Å². The summed E-state index contributed by atoms with van der Waals surface area (Å²) in [7, 11) is 0. The van der Waals surface area contributed by atoms with Crippen LogP contribution < -0.4 is 10.3 Å². The van der Waals surface area contributed by atoms with Gasteiger partial charge in [-0.2, -0.15) is 0 Å². The highest BCUT2D eigenvalue weighted by Gasteiger charge is 2.03. The molecule has 0 saturated carbocycles. The third-order valence-electron chi connectivity index (χ3n) is 7.35. The van der Waals surface area contributed by atoms with Crippen LogP contribution in [-0.2, 0) is 28.9 Å². The van der Waals surface area contributed by atoms with Gasteiger partial charge in [-0.1, -0.05) is 63.9 Å². The standard InChI is InChI=1S/C34H58N3O2/c35-23-11-7-10-14-28-39-30-18-22-34-20-16-26-37(32-34)25-12-8-5-3-1-2-4-6-9-13-27-38-29-17-21-33-19-15-24-36-31-33/h15-16,19-20,24,26,31-32H,1-14,17-18,21-23,25,27-30,35H2/q+1. The van der Waals surface area contributed by atoms with E-state index in [-0.39, 0.29) is 0 Å². The summed E-state index contributed by atoms with van der Waals surface area (Å²) in [6.45, 7) is 5.49. The molecule has 0 radical (unpaired) electrons. The van der Waals surface area contributed by atoms with E-state index in [1.165, 1.54) is 88.2 Å². The zero-order valence-electron chi connectivity index (χ0n) is 24.9. The quantitative estimate of drug-likeness (QED) is 0.0948. The van der Waals surface area contributed by atoms with Crippen LogP contribution in [-0.4, -0.2) is 38.0 Å². The van der Waals surface area contributed by atoms with Crippen LogP contribution in [0.25, 0.3) is 0 Å². The highest BCUT2D eigenvalue weighted by molar-refractivity contribution is 5.08. The average Bonchev–Trinajstić information content (AvgIpc) is 2.97. The van der Waals surface area contributed by atoms with Gasteiger partial charge < -0.3 is 15.2 Å². The van der Waals surface area contributed by atoms with Crippen molar-refractivity contribution in [3.05, 3.63) is 60.2 Å². The molecule has 2 aromatic rings. The monoisotopic (exact) mass is 540 g/mol. The van der Waals surface area contributed by atoms with Gasteiger partial charge in [-0.3, -0.25) is 4.98 Å². The molecule has 0 aliphatic rings. The Hall–Kier alpha value is -1.82. The van der Waals surface area contributed by atoms with Gasteiger partial charge in [-0.15, -0.1) is 0 Å². The summed E-state index contributed by atoms with van der Waals surface area (Å²) < 4.78 is 14.0. The predicted octanol–water partition coefficient (Wildman–Crippen LogP) is 7.39. The van der Waals surface area contributed by atoms with Crippen LogP contribution in [0.1, 0.15) is 114 Å². The topological polar surface area (TPSA) is 61.2 Å². The van der Waals surface area contributed by atoms with Crippen molar-refractivity contribution < 1.29 is 14.0 Å². The number of aryl methyl sites for hydroxylation is 3. The second kappa shape index (κ2) is 25.2. The fourth-order valence-electron chi connectivity index (χ4n) is 4.98. The molecule has 0 fully saturated rings. The minimum atomic E-state index is 0.811. The molecule has 2 rings (SSSR count). The van der Waals surface area contributed by atoms with Crippen molar-refractivity contribution in [2.45, 2.75) is 122 Å². The van der Waals surface area contributed by atoms with Crippen molar-refractivity contribution >= 4 is 0 Å². The molecular weight excluding hydrogens is 482 g/mol. The largest absolute Gasteiger partial charge is 0.381 e. The molecule has 0 aliphatic heterocycles. The molecule has 2 N–H and O–H groups in total. The Kier molecular flexibility index (Phi) is 21.5. The summed E-state index contributed by atoms with van der Waals surface area (Å²) in [4.78, 5) is 4.16. The number of nitrogens with zero attached hydrogens (tertiary/aromatic N) is 2. The van der Waals surface area contributed by atoms with Crippen LogP contribution in [0.15, 0.2) is 49.1 Å². The van der Waals surface area contributed by atoms with Gasteiger partial charge in [0.05, 0.1) is 0 Å². The van der Waals surface area contributed by atoms with Gasteiger partial charge in [0.25, 0.3) is 0 Å². The van der Waals surface area contributed by atoms with E-state index in [2.05, 4.69) is 40.1 Å². The number of aromatic nitrogens is 2. The number of ether oxygens (including phenoxy) is 2. The summed E-state index contributed by atoms with van der Waals surface area (Å²) >= 11 is 0. The van der Waals surface area contributed by atoms with E-state index in [1.807, 2.05) is 18.5 Å². The van der Waals surface area contributed by atoms with E-state index in [0.29, 0.717) is 0 Å². The Balaban J connectivity index is 1.31. The highest BCUT2D eigenvalue weighted by atomic mass is 16.5. The maximum Gasteiger partial charge on any atom is 0.171 e. The van der Waals surface area contributed by atoms with E-state index in [0.717, 1.165) is 78.0 Å². The molecule has 5 nitrogen and oxygen atoms in total. The molecule has 39 heavy (non-hydrogen) atoms. The average molecular weight is 541 g/mol. The molecule has 0 aromatic carbocycles. The molecular formula is C34H58N3O2+. The maximum atomic E-state index is 5.79. The minimum Gasteiger partial charge on any atom is -0.381 e. The molecule has 0 saturated heterocycles. The Labute approximate surface area is 239 Å². The highest BCUT2D eigenvalue weighted by Crippen LogP contribution is 2.11. The first kappa shape index (κ1) is 33.4. The molecule has 0 atom stereocenters. The molecule has 2 heterocycles. The van der Waals surface area contributed by atoms with Crippen molar-refractivity contribution in [1.29, 1.82) is 0 Å². The van der Waals surface area contributed by atoms with Gasteiger partial charge in [0.2, 0.25) is 0 Å². The summed E-state index contributed by atoms with van der Waals surface area (Å²) in [5, 5.41) is 0. The van der Waals surface area contributed by atoms with Crippen LogP contribution in [0.3, 0.4) is 0 Å². The second-order valence-electron chi connectivity index (χ2n) is 11.0. The van der Waals surface area contributed by atoms with E-state index in [1.54, 1.807) is 0 Å². The van der Waals surface area contributed by atoms with Crippen LogP contribution in [0.2, 0.25) is 0 Å². The molecule has 0 aliphatic carbocycles. The maximum absolute atomic E-state index is 5.79. The first-order chi connectivity index (χ1) is 19.4. The van der Waals surface area contributed by atoms with Gasteiger partial charge in [0.15, 0.2) is 12.4 Å². The molecule has 0 bridgehead atoms. The molecule has 2 aromatic heterocycles. The number of hydrogen-bond acceptors (Lipinski definition) is 4. The Morgan fingerprint density at radius 1 is 0.590 bits per heavy atom. The van der Waals surface area contributed by atoms with E-state index >= 15 is 0 Å². The third-order valence-corrected chi connectivity index (χ3v) is 7.35. The smallest absolute Gasteiger partial charge is 0.171 e. The van der Waals surface area contributed by atoms with Gasteiger partial charge in [-0.05, 0) is 75.6 Å². The predicted molar refractivity (Wildman–Crippen MR) is 163 cm³/mol. The SMILES string of the molecule is NCCCCCCOCCCc1ccc[n+](CCCCCCCCCCCCOCCCc2cccnc2)c1. The van der Waals surface area contributed by atoms with Crippen LogP contribution in [0.5, 0.6) is 0 Å². The second-order valence-corrected chi connectivity index (χ2v) is 11.0. The molecule has 220 valence electrons. The van der Waals surface area contributed by atoms with Gasteiger partial charge in [0.1, 0.15) is 6.54 Å². The number of unbranched alkanes of at least 4 members (excludes halogenated alkanes) is 12. The summed E-state index contributed by atoms with van der Waals surface area (Å²) in [6.07, 6.45) is 30.9. The number of hydrogen-bond donors (Lipinski definition) is 1. The van der Waals surface area contributed by atoms with Crippen LogP contribution in [0, 0.1) is 0 Å². The third kappa shape index (κ3) is 19.8. The van der Waals surface area contributed by atoms with Gasteiger partial charge in [-0.25, -0.2) is 4.57 Å². The molecule has 0 unspecified atom stereocenters. The summed E-state index contributed by atoms with van der Waals surface area (Å²) in [5.41, 5.74) is 8.26. The van der Waals surface area contributed by atoms with Crippen LogP contribution >= 0.6 is 0 Å². The summed E-state index contributed by atoms with van der Waals surface area (Å²) in [6, 6.07) is 8.59. The van der Waals surface area contributed by atoms with Crippen LogP contribution in [0.4, 0.5) is 0 Å². The van der Waals surface area contributed by atoms with Gasteiger partial charge >= 0.3 is 0 Å². The Morgan fingerprint density at radius 3 is 1.74 bits per heavy atom. The first-order valence-corrected chi connectivity index (χ1v) is 16.1. The molecule has 5 heteroatoms. The van der Waals surface area contributed by atoms with Crippen molar-refractivity contribution in [3.63, 3.8) is 0 Å². The lowest BCUT2D eigenvalue weighted by Gasteiger charge is -2.05. The Morgan fingerprint density at radius 2 is 1.13 bits per heavy atom. The van der Waals surface area contributed by atoms with Crippen molar-refractivity contribution in [2.75, 3.05) is 33.0 Å². The number of pyridine rings is 2. The minimum absolute atomic E-state index is 0.811. The van der Waals surface area contributed by atoms with Crippen molar-refractivity contribution in [1.82, 2.24) is 4.98 Å². The van der Waals surface area contributed by atoms with E-state index in [9.17, 15) is 0 Å². The lowest BCUT2D eigenvalue weighted by Crippen LogP contribution is -2.33. The molecule has 0 amide bonds. The van der Waals surface area contributed by atoms with E-state index < -0.39 is 0 Å². The zero-order chi connectivity index (χ0) is 27.5. The fourth-order valence-corrected chi connectivity index (χ4v) is 4.98. The fraction of sp³-hybridized carbons (Fsp3) is 0.706. The molecule has 0 spiro atoms. The van der Waals surface area contributed by atoms with Crippen molar-refractivity contribution in [2.24, 2.45) is 5.73 Å². The lowest BCUT2D eigenvalue weighted by molar-refractivity contribution is -0.697. The number of rotatable bonds is 27. The Bertz CT molecular complexity index is 787. The first-order valence-electron chi connectivity index (χ1n) is 16.1. The normalized spacial score (nSPS) is 11.3.